The number of benzene rings is 2. The van der Waals surface area contributed by atoms with Crippen molar-refractivity contribution in [3.8, 4) is 5.75 Å². The largest absolute Gasteiger partial charge is 0.494 e. The van der Waals surface area contributed by atoms with Crippen LogP contribution in [0.4, 0.5) is 5.69 Å². The van der Waals surface area contributed by atoms with Gasteiger partial charge in [0, 0.05) is 44.0 Å². The summed E-state index contributed by atoms with van der Waals surface area (Å²) in [5.74, 6) is 0.664. The molecule has 2 aromatic rings. The van der Waals surface area contributed by atoms with Crippen LogP contribution in [0.5, 0.6) is 5.75 Å². The molecule has 0 atom stereocenters. The van der Waals surface area contributed by atoms with Crippen molar-refractivity contribution in [2.75, 3.05) is 45.2 Å². The molecule has 0 radical (unpaired) electrons. The number of amides is 1. The second-order valence-electron chi connectivity index (χ2n) is 6.69. The number of hydrogen-bond acceptors (Lipinski definition) is 4. The molecule has 3 rings (SSSR count). The first-order chi connectivity index (χ1) is 12.6. The fourth-order valence-corrected chi connectivity index (χ4v) is 3.03. The van der Waals surface area contributed by atoms with Crippen molar-refractivity contribution in [3.05, 3.63) is 59.7 Å². The van der Waals surface area contributed by atoms with Crippen LogP contribution >= 0.6 is 0 Å². The molecule has 1 fully saturated rings. The van der Waals surface area contributed by atoms with E-state index < -0.39 is 0 Å². The van der Waals surface area contributed by atoms with Crippen LogP contribution in [0.25, 0.3) is 0 Å². The summed E-state index contributed by atoms with van der Waals surface area (Å²) in [6, 6.07) is 15.3. The van der Waals surface area contributed by atoms with Gasteiger partial charge < -0.3 is 15.0 Å². The molecule has 1 amide bonds. The van der Waals surface area contributed by atoms with Gasteiger partial charge in [0.25, 0.3) is 5.91 Å². The number of nitrogens with zero attached hydrogens (tertiary/aromatic N) is 2. The molecule has 0 bridgehead atoms. The van der Waals surface area contributed by atoms with Gasteiger partial charge in [-0.3, -0.25) is 9.69 Å². The zero-order valence-corrected chi connectivity index (χ0v) is 15.6. The van der Waals surface area contributed by atoms with Crippen molar-refractivity contribution in [3.63, 3.8) is 0 Å². The smallest absolute Gasteiger partial charge is 0.255 e. The highest BCUT2D eigenvalue weighted by Gasteiger charge is 2.14. The quantitative estimate of drug-likeness (QED) is 0.867. The van der Waals surface area contributed by atoms with Crippen LogP contribution in [0.15, 0.2) is 48.5 Å². The Bertz CT molecular complexity index is 705. The predicted octanol–water partition coefficient (Wildman–Crippen LogP) is 3.09. The summed E-state index contributed by atoms with van der Waals surface area (Å²) < 4.78 is 5.40. The number of likely N-dealkylation sites (N-methyl/N-ethyl adjacent to an activating group) is 1. The molecular weight excluding hydrogens is 326 g/mol. The van der Waals surface area contributed by atoms with Crippen molar-refractivity contribution in [1.29, 1.82) is 0 Å². The first kappa shape index (κ1) is 18.4. The first-order valence-electron chi connectivity index (χ1n) is 9.18. The maximum Gasteiger partial charge on any atom is 0.255 e. The monoisotopic (exact) mass is 353 g/mol. The molecule has 0 saturated carbocycles. The Labute approximate surface area is 155 Å². The van der Waals surface area contributed by atoms with Gasteiger partial charge in [-0.1, -0.05) is 12.1 Å². The predicted molar refractivity (Wildman–Crippen MR) is 105 cm³/mol. The molecule has 1 aliphatic heterocycles. The molecule has 5 heteroatoms. The van der Waals surface area contributed by atoms with Crippen LogP contribution in [0, 0.1) is 0 Å². The zero-order valence-electron chi connectivity index (χ0n) is 15.6. The number of anilines is 1. The Morgan fingerprint density at radius 3 is 2.27 bits per heavy atom. The number of carbonyl (C=O) groups is 1. The summed E-state index contributed by atoms with van der Waals surface area (Å²) in [5.41, 5.74) is 2.70. The van der Waals surface area contributed by atoms with E-state index in [4.69, 9.17) is 4.74 Å². The second kappa shape index (κ2) is 8.83. The summed E-state index contributed by atoms with van der Waals surface area (Å²) in [5, 5.41) is 2.95. The molecule has 1 saturated heterocycles. The Kier molecular flexibility index (Phi) is 6.26. The highest BCUT2D eigenvalue weighted by molar-refractivity contribution is 6.04. The Balaban J connectivity index is 1.54. The van der Waals surface area contributed by atoms with Gasteiger partial charge in [0.15, 0.2) is 0 Å². The molecule has 1 aliphatic rings. The van der Waals surface area contributed by atoms with Gasteiger partial charge in [-0.25, -0.2) is 0 Å². The molecule has 0 unspecified atom stereocenters. The summed E-state index contributed by atoms with van der Waals surface area (Å²) in [4.78, 5) is 17.2. The van der Waals surface area contributed by atoms with E-state index in [0.29, 0.717) is 12.2 Å². The Morgan fingerprint density at radius 2 is 1.65 bits per heavy atom. The lowest BCUT2D eigenvalue weighted by Crippen LogP contribution is -2.43. The molecule has 1 heterocycles. The normalized spacial score (nSPS) is 15.6. The molecule has 1 N–H and O–H groups in total. The van der Waals surface area contributed by atoms with E-state index >= 15 is 0 Å². The third kappa shape index (κ3) is 5.07. The number of piperazine rings is 1. The van der Waals surface area contributed by atoms with E-state index in [1.54, 1.807) is 12.1 Å². The average Bonchev–Trinajstić information content (AvgIpc) is 2.66. The van der Waals surface area contributed by atoms with Gasteiger partial charge in [-0.2, -0.15) is 0 Å². The minimum absolute atomic E-state index is 0.111. The Morgan fingerprint density at radius 1 is 1.00 bits per heavy atom. The number of rotatable bonds is 6. The van der Waals surface area contributed by atoms with E-state index in [0.717, 1.165) is 44.2 Å². The van der Waals surface area contributed by atoms with Gasteiger partial charge in [-0.05, 0) is 55.9 Å². The lowest BCUT2D eigenvalue weighted by atomic mass is 10.1. The van der Waals surface area contributed by atoms with Gasteiger partial charge in [-0.15, -0.1) is 0 Å². The average molecular weight is 353 g/mol. The fourth-order valence-electron chi connectivity index (χ4n) is 3.03. The molecule has 0 aromatic heterocycles. The maximum absolute atomic E-state index is 12.4. The van der Waals surface area contributed by atoms with E-state index in [-0.39, 0.29) is 5.91 Å². The SMILES string of the molecule is CCOc1ccc(C(=O)Nc2ccc(CN3CCN(C)CC3)cc2)cc1. The van der Waals surface area contributed by atoms with Crippen molar-refractivity contribution < 1.29 is 9.53 Å². The highest BCUT2D eigenvalue weighted by Crippen LogP contribution is 2.16. The minimum Gasteiger partial charge on any atom is -0.494 e. The van der Waals surface area contributed by atoms with E-state index in [2.05, 4.69) is 34.3 Å². The topological polar surface area (TPSA) is 44.8 Å². The van der Waals surface area contributed by atoms with Crippen LogP contribution in [0.2, 0.25) is 0 Å². The number of nitrogens with one attached hydrogen (secondary N) is 1. The van der Waals surface area contributed by atoms with Crippen molar-refractivity contribution >= 4 is 11.6 Å². The van der Waals surface area contributed by atoms with Crippen LogP contribution in [0.3, 0.4) is 0 Å². The summed E-state index contributed by atoms with van der Waals surface area (Å²) >= 11 is 0. The number of ether oxygens (including phenoxy) is 1. The molecule has 26 heavy (non-hydrogen) atoms. The van der Waals surface area contributed by atoms with Crippen molar-refractivity contribution in [1.82, 2.24) is 9.80 Å². The lowest BCUT2D eigenvalue weighted by Gasteiger charge is -2.32. The van der Waals surface area contributed by atoms with Gasteiger partial charge in [0.2, 0.25) is 0 Å². The van der Waals surface area contributed by atoms with E-state index in [1.165, 1.54) is 5.56 Å². The van der Waals surface area contributed by atoms with E-state index in [9.17, 15) is 4.79 Å². The molecule has 0 aliphatic carbocycles. The molecule has 2 aromatic carbocycles. The second-order valence-corrected chi connectivity index (χ2v) is 6.69. The van der Waals surface area contributed by atoms with Crippen molar-refractivity contribution in [2.24, 2.45) is 0 Å². The minimum atomic E-state index is -0.111. The lowest BCUT2D eigenvalue weighted by molar-refractivity contribution is 0.102. The van der Waals surface area contributed by atoms with Crippen LogP contribution in [0.1, 0.15) is 22.8 Å². The summed E-state index contributed by atoms with van der Waals surface area (Å²) in [6.45, 7) is 7.97. The number of carbonyl (C=O) groups excluding carboxylic acids is 1. The molecular formula is C21H27N3O2. The van der Waals surface area contributed by atoms with Crippen LogP contribution < -0.4 is 10.1 Å². The first-order valence-corrected chi connectivity index (χ1v) is 9.18. The van der Waals surface area contributed by atoms with Gasteiger partial charge in [0.1, 0.15) is 5.75 Å². The molecule has 138 valence electrons. The van der Waals surface area contributed by atoms with Crippen LogP contribution in [-0.2, 0) is 6.54 Å². The third-order valence-corrected chi connectivity index (χ3v) is 4.64. The van der Waals surface area contributed by atoms with Crippen molar-refractivity contribution in [2.45, 2.75) is 13.5 Å². The molecule has 5 nitrogen and oxygen atoms in total. The molecule has 0 spiro atoms. The van der Waals surface area contributed by atoms with E-state index in [1.807, 2.05) is 31.2 Å². The third-order valence-electron chi connectivity index (χ3n) is 4.64. The van der Waals surface area contributed by atoms with Crippen LogP contribution in [-0.4, -0.2) is 55.5 Å². The highest BCUT2D eigenvalue weighted by atomic mass is 16.5. The maximum atomic E-state index is 12.4. The summed E-state index contributed by atoms with van der Waals surface area (Å²) in [7, 11) is 2.17. The zero-order chi connectivity index (χ0) is 18.4. The fraction of sp³-hybridized carbons (Fsp3) is 0.381. The standard InChI is InChI=1S/C21H27N3O2/c1-3-26-20-10-6-18(7-11-20)21(25)22-19-8-4-17(5-9-19)16-24-14-12-23(2)13-15-24/h4-11H,3,12-16H2,1-2H3,(H,22,25). The van der Waals surface area contributed by atoms with Gasteiger partial charge >= 0.3 is 0 Å². The van der Waals surface area contributed by atoms with Gasteiger partial charge in [0.05, 0.1) is 6.61 Å². The number of hydrogen-bond donors (Lipinski definition) is 1. The Hall–Kier alpha value is -2.37. The summed E-state index contributed by atoms with van der Waals surface area (Å²) in [6.07, 6.45) is 0.